The van der Waals surface area contributed by atoms with E-state index in [9.17, 15) is 14.0 Å². The summed E-state index contributed by atoms with van der Waals surface area (Å²) in [6, 6.07) is 13.0. The zero-order chi connectivity index (χ0) is 20.8. The lowest BCUT2D eigenvalue weighted by Gasteiger charge is -2.56. The molecular weight excluding hydrogens is 393 g/mol. The van der Waals surface area contributed by atoms with Gasteiger partial charge in [-0.15, -0.1) is 0 Å². The molecule has 0 unspecified atom stereocenters. The molecule has 1 aliphatic heterocycles. The van der Waals surface area contributed by atoms with Crippen LogP contribution in [0.4, 0.5) is 10.1 Å². The van der Waals surface area contributed by atoms with Gasteiger partial charge in [-0.05, 0) is 54.7 Å². The summed E-state index contributed by atoms with van der Waals surface area (Å²) >= 11 is 5.95. The molecule has 2 aromatic carbocycles. The van der Waals surface area contributed by atoms with Crippen LogP contribution in [0.3, 0.4) is 0 Å². The molecule has 1 aliphatic carbocycles. The second-order valence-corrected chi connectivity index (χ2v) is 8.26. The first kappa shape index (κ1) is 19.4. The van der Waals surface area contributed by atoms with Gasteiger partial charge in [-0.25, -0.2) is 4.39 Å². The summed E-state index contributed by atoms with van der Waals surface area (Å²) in [5, 5.41) is 9.54. The van der Waals surface area contributed by atoms with E-state index in [0.717, 1.165) is 11.6 Å². The fourth-order valence-corrected chi connectivity index (χ4v) is 4.51. The molecule has 4 rings (SSSR count). The SMILES string of the molecule is CC1CC2(C1)C(=O)N(c1ccc(C#N)cc1F)CC(=O)N2Cc1ccc(Cl)cc1. The highest BCUT2D eigenvalue weighted by Gasteiger charge is 2.59. The summed E-state index contributed by atoms with van der Waals surface area (Å²) in [4.78, 5) is 29.4. The van der Waals surface area contributed by atoms with Crippen molar-refractivity contribution < 1.29 is 14.0 Å². The fraction of sp³-hybridized carbons (Fsp3) is 0.318. The van der Waals surface area contributed by atoms with Crippen molar-refractivity contribution in [3.8, 4) is 6.07 Å². The van der Waals surface area contributed by atoms with Crippen molar-refractivity contribution in [3.63, 3.8) is 0 Å². The third-order valence-corrected chi connectivity index (χ3v) is 6.00. The van der Waals surface area contributed by atoms with E-state index in [2.05, 4.69) is 0 Å². The lowest BCUT2D eigenvalue weighted by Crippen LogP contribution is -2.72. The van der Waals surface area contributed by atoms with Gasteiger partial charge >= 0.3 is 0 Å². The maximum Gasteiger partial charge on any atom is 0.253 e. The molecule has 2 amide bonds. The third kappa shape index (κ3) is 3.26. The average Bonchev–Trinajstić information content (AvgIpc) is 2.68. The second kappa shape index (κ2) is 7.16. The summed E-state index contributed by atoms with van der Waals surface area (Å²) in [5.41, 5.74) is 0.118. The molecular formula is C22H19ClFN3O2. The molecule has 5 nitrogen and oxygen atoms in total. The van der Waals surface area contributed by atoms with Gasteiger partial charge in [0, 0.05) is 11.6 Å². The van der Waals surface area contributed by atoms with Crippen molar-refractivity contribution in [2.75, 3.05) is 11.4 Å². The van der Waals surface area contributed by atoms with Gasteiger partial charge in [0.05, 0.1) is 17.3 Å². The van der Waals surface area contributed by atoms with Gasteiger partial charge in [0.2, 0.25) is 5.91 Å². The minimum absolute atomic E-state index is 0.0346. The average molecular weight is 412 g/mol. The van der Waals surface area contributed by atoms with E-state index in [0.29, 0.717) is 30.3 Å². The van der Waals surface area contributed by atoms with Gasteiger partial charge in [0.1, 0.15) is 17.9 Å². The van der Waals surface area contributed by atoms with Gasteiger partial charge in [0.25, 0.3) is 5.91 Å². The molecule has 1 spiro atoms. The lowest BCUT2D eigenvalue weighted by atomic mass is 9.66. The molecule has 0 N–H and O–H groups in total. The first-order chi connectivity index (χ1) is 13.8. The summed E-state index contributed by atoms with van der Waals surface area (Å²) in [7, 11) is 0. The number of amides is 2. The van der Waals surface area contributed by atoms with E-state index in [-0.39, 0.29) is 29.6 Å². The van der Waals surface area contributed by atoms with Crippen molar-refractivity contribution in [1.29, 1.82) is 5.26 Å². The van der Waals surface area contributed by atoms with Crippen LogP contribution in [0.15, 0.2) is 42.5 Å². The summed E-state index contributed by atoms with van der Waals surface area (Å²) in [6.45, 7) is 2.11. The maximum absolute atomic E-state index is 14.6. The van der Waals surface area contributed by atoms with Gasteiger partial charge < -0.3 is 4.90 Å². The molecule has 0 bridgehead atoms. The van der Waals surface area contributed by atoms with Gasteiger partial charge in [-0.2, -0.15) is 5.26 Å². The largest absolute Gasteiger partial charge is 0.322 e. The number of carbonyl (C=O) groups excluding carboxylic acids is 2. The molecule has 1 saturated heterocycles. The zero-order valence-corrected chi connectivity index (χ0v) is 16.6. The Hall–Kier alpha value is -2.91. The summed E-state index contributed by atoms with van der Waals surface area (Å²) in [5.74, 6) is -0.882. The standard InChI is InChI=1S/C22H19ClFN3O2/c1-14-9-22(10-14)21(29)26(19-7-4-16(11-25)8-18(19)24)13-20(28)27(22)12-15-2-5-17(23)6-3-15/h2-8,14H,9-10,12-13H2,1H3. The molecule has 2 fully saturated rings. The molecule has 0 aromatic heterocycles. The van der Waals surface area contributed by atoms with Crippen LogP contribution in [0, 0.1) is 23.1 Å². The van der Waals surface area contributed by atoms with E-state index in [1.807, 2.05) is 25.1 Å². The predicted molar refractivity (Wildman–Crippen MR) is 107 cm³/mol. The normalized spacial score (nSPS) is 23.9. The minimum Gasteiger partial charge on any atom is -0.322 e. The Morgan fingerprint density at radius 1 is 1.21 bits per heavy atom. The number of carbonyl (C=O) groups is 2. The second-order valence-electron chi connectivity index (χ2n) is 7.82. The van der Waals surface area contributed by atoms with Gasteiger partial charge in [-0.3, -0.25) is 14.5 Å². The van der Waals surface area contributed by atoms with Crippen LogP contribution in [-0.4, -0.2) is 28.8 Å². The summed E-state index contributed by atoms with van der Waals surface area (Å²) < 4.78 is 14.6. The van der Waals surface area contributed by atoms with E-state index in [1.165, 1.54) is 17.0 Å². The minimum atomic E-state index is -0.964. The number of hydrogen-bond acceptors (Lipinski definition) is 3. The molecule has 7 heteroatoms. The van der Waals surface area contributed by atoms with Crippen molar-refractivity contribution in [2.45, 2.75) is 31.8 Å². The van der Waals surface area contributed by atoms with Crippen LogP contribution < -0.4 is 4.90 Å². The number of hydrogen-bond donors (Lipinski definition) is 0. The van der Waals surface area contributed by atoms with E-state index in [4.69, 9.17) is 16.9 Å². The van der Waals surface area contributed by atoms with Gasteiger partial charge in [-0.1, -0.05) is 30.7 Å². The number of nitriles is 1. The topological polar surface area (TPSA) is 64.4 Å². The van der Waals surface area contributed by atoms with Gasteiger partial charge in [0.15, 0.2) is 0 Å². The number of halogens is 2. The molecule has 2 aliphatic rings. The quantitative estimate of drug-likeness (QED) is 0.769. The Bertz CT molecular complexity index is 1030. The number of benzene rings is 2. The van der Waals surface area contributed by atoms with Crippen LogP contribution in [-0.2, 0) is 16.1 Å². The van der Waals surface area contributed by atoms with E-state index in [1.54, 1.807) is 17.0 Å². The molecule has 29 heavy (non-hydrogen) atoms. The highest BCUT2D eigenvalue weighted by molar-refractivity contribution is 6.30. The van der Waals surface area contributed by atoms with Crippen LogP contribution in [0.5, 0.6) is 0 Å². The first-order valence-corrected chi connectivity index (χ1v) is 9.78. The molecule has 1 heterocycles. The third-order valence-electron chi connectivity index (χ3n) is 5.75. The van der Waals surface area contributed by atoms with Crippen molar-refractivity contribution in [1.82, 2.24) is 4.90 Å². The van der Waals surface area contributed by atoms with E-state index >= 15 is 0 Å². The predicted octanol–water partition coefficient (Wildman–Crippen LogP) is 3.89. The Labute approximate surface area is 173 Å². The molecule has 0 radical (unpaired) electrons. The van der Waals surface area contributed by atoms with Crippen molar-refractivity contribution in [3.05, 3.63) is 64.4 Å². The highest BCUT2D eigenvalue weighted by atomic mass is 35.5. The number of rotatable bonds is 3. The van der Waals surface area contributed by atoms with Crippen LogP contribution in [0.25, 0.3) is 0 Å². The lowest BCUT2D eigenvalue weighted by molar-refractivity contribution is -0.161. The first-order valence-electron chi connectivity index (χ1n) is 9.40. The monoisotopic (exact) mass is 411 g/mol. The van der Waals surface area contributed by atoms with Crippen LogP contribution in [0.1, 0.15) is 30.9 Å². The fourth-order valence-electron chi connectivity index (χ4n) is 4.39. The van der Waals surface area contributed by atoms with Crippen LogP contribution >= 0.6 is 11.6 Å². The molecule has 1 saturated carbocycles. The van der Waals surface area contributed by atoms with Crippen LogP contribution in [0.2, 0.25) is 5.02 Å². The Morgan fingerprint density at radius 2 is 1.90 bits per heavy atom. The smallest absolute Gasteiger partial charge is 0.253 e. The number of nitrogens with zero attached hydrogens (tertiary/aromatic N) is 3. The van der Waals surface area contributed by atoms with E-state index < -0.39 is 11.4 Å². The maximum atomic E-state index is 14.6. The summed E-state index contributed by atoms with van der Waals surface area (Å²) in [6.07, 6.45) is 1.08. The Balaban J connectivity index is 1.68. The molecule has 0 atom stereocenters. The van der Waals surface area contributed by atoms with Crippen molar-refractivity contribution >= 4 is 29.1 Å². The number of piperazine rings is 1. The zero-order valence-electron chi connectivity index (χ0n) is 15.9. The highest BCUT2D eigenvalue weighted by Crippen LogP contribution is 2.47. The molecule has 148 valence electrons. The Morgan fingerprint density at radius 3 is 2.48 bits per heavy atom. The van der Waals surface area contributed by atoms with Crippen molar-refractivity contribution in [2.24, 2.45) is 5.92 Å². The molecule has 2 aromatic rings. The number of anilines is 1. The Kier molecular flexibility index (Phi) is 4.79.